The van der Waals surface area contributed by atoms with Gasteiger partial charge in [0.15, 0.2) is 0 Å². The third-order valence-corrected chi connectivity index (χ3v) is 3.66. The Morgan fingerprint density at radius 3 is 2.57 bits per heavy atom. The summed E-state index contributed by atoms with van der Waals surface area (Å²) in [5, 5.41) is 3.34. The lowest BCUT2D eigenvalue weighted by atomic mass is 10.2. The van der Waals surface area contributed by atoms with Crippen LogP contribution in [-0.4, -0.2) is 22.6 Å². The summed E-state index contributed by atoms with van der Waals surface area (Å²) < 4.78 is 6.89. The number of rotatable bonds is 4. The maximum Gasteiger partial charge on any atom is 0.337 e. The van der Waals surface area contributed by atoms with Gasteiger partial charge in [0, 0.05) is 11.7 Å². The first kappa shape index (κ1) is 15.1. The largest absolute Gasteiger partial charge is 0.465 e. The third-order valence-electron chi connectivity index (χ3n) is 3.66. The fourth-order valence-electron chi connectivity index (χ4n) is 2.61. The van der Waals surface area contributed by atoms with Crippen molar-refractivity contribution >= 4 is 28.6 Å². The average molecular weight is 309 g/mol. The number of fused-ring (bicyclic) bond motifs is 1. The molecule has 0 unspecified atom stereocenters. The van der Waals surface area contributed by atoms with Crippen molar-refractivity contribution < 1.29 is 9.53 Å². The molecule has 1 N–H and O–H groups in total. The van der Waals surface area contributed by atoms with E-state index in [-0.39, 0.29) is 12.0 Å². The smallest absolute Gasteiger partial charge is 0.337 e. The van der Waals surface area contributed by atoms with Crippen LogP contribution < -0.4 is 5.32 Å². The van der Waals surface area contributed by atoms with E-state index in [1.165, 1.54) is 7.11 Å². The number of esters is 1. The number of nitrogens with one attached hydrogen (secondary N) is 1. The van der Waals surface area contributed by atoms with Crippen molar-refractivity contribution in [3.05, 3.63) is 54.1 Å². The number of para-hydroxylation sites is 1. The van der Waals surface area contributed by atoms with E-state index in [1.54, 1.807) is 12.1 Å². The summed E-state index contributed by atoms with van der Waals surface area (Å²) in [4.78, 5) is 16.4. The van der Waals surface area contributed by atoms with Gasteiger partial charge in [-0.05, 0) is 44.2 Å². The van der Waals surface area contributed by atoms with Gasteiger partial charge in [-0.1, -0.05) is 18.2 Å². The monoisotopic (exact) mass is 309 g/mol. The number of carbonyl (C=O) groups excluding carboxylic acids is 1. The molecule has 3 rings (SSSR count). The van der Waals surface area contributed by atoms with E-state index in [0.717, 1.165) is 22.7 Å². The van der Waals surface area contributed by atoms with Gasteiger partial charge in [0.1, 0.15) is 0 Å². The van der Waals surface area contributed by atoms with E-state index >= 15 is 0 Å². The summed E-state index contributed by atoms with van der Waals surface area (Å²) in [5.74, 6) is 0.395. The lowest BCUT2D eigenvalue weighted by molar-refractivity contribution is 0.0601. The third kappa shape index (κ3) is 2.90. The van der Waals surface area contributed by atoms with Crippen molar-refractivity contribution in [1.82, 2.24) is 9.55 Å². The van der Waals surface area contributed by atoms with Crippen LogP contribution in [0.4, 0.5) is 11.6 Å². The summed E-state index contributed by atoms with van der Waals surface area (Å²) in [6, 6.07) is 15.6. The van der Waals surface area contributed by atoms with Crippen LogP contribution in [-0.2, 0) is 4.74 Å². The zero-order valence-corrected chi connectivity index (χ0v) is 13.4. The Balaban J connectivity index is 2.09. The molecule has 118 valence electrons. The van der Waals surface area contributed by atoms with Crippen LogP contribution in [0.15, 0.2) is 48.5 Å². The maximum atomic E-state index is 11.7. The summed E-state index contributed by atoms with van der Waals surface area (Å²) in [6.07, 6.45) is 0. The van der Waals surface area contributed by atoms with Crippen molar-refractivity contribution in [3.63, 3.8) is 0 Å². The van der Waals surface area contributed by atoms with E-state index in [1.807, 2.05) is 36.4 Å². The number of carbonyl (C=O) groups is 1. The number of hydrogen-bond donors (Lipinski definition) is 1. The molecular weight excluding hydrogens is 290 g/mol. The Morgan fingerprint density at radius 2 is 1.91 bits per heavy atom. The molecule has 0 aliphatic rings. The van der Waals surface area contributed by atoms with Crippen LogP contribution in [0.25, 0.3) is 11.0 Å². The number of anilines is 2. The highest BCUT2D eigenvalue weighted by atomic mass is 16.5. The lowest BCUT2D eigenvalue weighted by Crippen LogP contribution is -2.06. The Morgan fingerprint density at radius 1 is 1.17 bits per heavy atom. The number of hydrogen-bond acceptors (Lipinski definition) is 4. The minimum Gasteiger partial charge on any atom is -0.465 e. The molecule has 0 aliphatic carbocycles. The van der Waals surface area contributed by atoms with Crippen molar-refractivity contribution in [3.8, 4) is 0 Å². The molecule has 0 aliphatic heterocycles. The Kier molecular flexibility index (Phi) is 4.02. The zero-order chi connectivity index (χ0) is 16.4. The van der Waals surface area contributed by atoms with Crippen LogP contribution in [0.1, 0.15) is 30.2 Å². The molecule has 5 heteroatoms. The molecule has 3 aromatic rings. The number of methoxy groups -OCH3 is 1. The fraction of sp³-hybridized carbons (Fsp3) is 0.222. The van der Waals surface area contributed by atoms with Crippen LogP contribution in [0, 0.1) is 0 Å². The van der Waals surface area contributed by atoms with Gasteiger partial charge in [-0.25, -0.2) is 9.78 Å². The summed E-state index contributed by atoms with van der Waals surface area (Å²) in [6.45, 7) is 4.21. The molecule has 0 radical (unpaired) electrons. The van der Waals surface area contributed by atoms with Gasteiger partial charge in [0.25, 0.3) is 0 Å². The molecule has 0 amide bonds. The van der Waals surface area contributed by atoms with Crippen molar-refractivity contribution in [1.29, 1.82) is 0 Å². The predicted octanol–water partition coefficient (Wildman–Crippen LogP) is 4.15. The number of imidazole rings is 1. The standard InChI is InChI=1S/C18H19N3O2/c1-12(2)21-16-10-9-13(17(22)23-3)11-15(16)20-18(21)19-14-7-5-4-6-8-14/h4-12H,1-3H3,(H,19,20). The van der Waals surface area contributed by atoms with E-state index < -0.39 is 0 Å². The van der Waals surface area contributed by atoms with Gasteiger partial charge in [0.05, 0.1) is 23.7 Å². The predicted molar refractivity (Wildman–Crippen MR) is 91.2 cm³/mol. The normalized spacial score (nSPS) is 11.0. The summed E-state index contributed by atoms with van der Waals surface area (Å²) in [7, 11) is 1.38. The fourth-order valence-corrected chi connectivity index (χ4v) is 2.61. The van der Waals surface area contributed by atoms with Crippen molar-refractivity contribution in [2.45, 2.75) is 19.9 Å². The highest BCUT2D eigenvalue weighted by Gasteiger charge is 2.15. The Hall–Kier alpha value is -2.82. The van der Waals surface area contributed by atoms with E-state index in [0.29, 0.717) is 5.56 Å². The highest BCUT2D eigenvalue weighted by molar-refractivity contribution is 5.94. The Labute approximate surface area is 134 Å². The zero-order valence-electron chi connectivity index (χ0n) is 13.4. The van der Waals surface area contributed by atoms with Gasteiger partial charge in [-0.15, -0.1) is 0 Å². The molecule has 0 fully saturated rings. The van der Waals surface area contributed by atoms with Crippen molar-refractivity contribution in [2.24, 2.45) is 0 Å². The molecule has 0 saturated carbocycles. The van der Waals surface area contributed by atoms with Gasteiger partial charge in [-0.3, -0.25) is 0 Å². The minimum absolute atomic E-state index is 0.232. The molecule has 1 aromatic heterocycles. The van der Waals surface area contributed by atoms with Crippen LogP contribution in [0.2, 0.25) is 0 Å². The molecule has 0 bridgehead atoms. The summed E-state index contributed by atoms with van der Waals surface area (Å²) in [5.41, 5.74) is 3.21. The first-order valence-corrected chi connectivity index (χ1v) is 7.52. The number of nitrogens with zero attached hydrogens (tertiary/aromatic N) is 2. The second-order valence-corrected chi connectivity index (χ2v) is 5.59. The topological polar surface area (TPSA) is 56.1 Å². The van der Waals surface area contributed by atoms with Crippen LogP contribution in [0.3, 0.4) is 0 Å². The van der Waals surface area contributed by atoms with Gasteiger partial charge in [-0.2, -0.15) is 0 Å². The number of benzene rings is 2. The molecule has 0 atom stereocenters. The lowest BCUT2D eigenvalue weighted by Gasteiger charge is -2.14. The van der Waals surface area contributed by atoms with E-state index in [9.17, 15) is 4.79 Å². The number of aromatic nitrogens is 2. The van der Waals surface area contributed by atoms with Crippen LogP contribution in [0.5, 0.6) is 0 Å². The molecule has 2 aromatic carbocycles. The molecule has 0 saturated heterocycles. The molecule has 0 spiro atoms. The Bertz CT molecular complexity index is 838. The average Bonchev–Trinajstić information content (AvgIpc) is 2.92. The molecule has 5 nitrogen and oxygen atoms in total. The van der Waals surface area contributed by atoms with Gasteiger partial charge in [0.2, 0.25) is 5.95 Å². The van der Waals surface area contributed by atoms with Gasteiger partial charge >= 0.3 is 5.97 Å². The van der Waals surface area contributed by atoms with Crippen LogP contribution >= 0.6 is 0 Å². The van der Waals surface area contributed by atoms with E-state index in [2.05, 4.69) is 28.7 Å². The van der Waals surface area contributed by atoms with Crippen molar-refractivity contribution in [2.75, 3.05) is 12.4 Å². The van der Waals surface area contributed by atoms with E-state index in [4.69, 9.17) is 4.74 Å². The quantitative estimate of drug-likeness (QED) is 0.736. The maximum absolute atomic E-state index is 11.7. The highest BCUT2D eigenvalue weighted by Crippen LogP contribution is 2.27. The van der Waals surface area contributed by atoms with Gasteiger partial charge < -0.3 is 14.6 Å². The second kappa shape index (κ2) is 6.12. The number of ether oxygens (including phenoxy) is 1. The minimum atomic E-state index is -0.358. The molecular formula is C18H19N3O2. The molecule has 23 heavy (non-hydrogen) atoms. The first-order valence-electron chi connectivity index (χ1n) is 7.52. The second-order valence-electron chi connectivity index (χ2n) is 5.59. The molecule has 1 heterocycles. The first-order chi connectivity index (χ1) is 11.1. The summed E-state index contributed by atoms with van der Waals surface area (Å²) >= 11 is 0. The SMILES string of the molecule is COC(=O)c1ccc2c(c1)nc(Nc1ccccc1)n2C(C)C.